The Morgan fingerprint density at radius 2 is 2.12 bits per heavy atom. The molecule has 0 saturated carbocycles. The van der Waals surface area contributed by atoms with Crippen molar-refractivity contribution in [2.45, 2.75) is 18.5 Å². The fraction of sp³-hybridized carbons (Fsp3) is 0.312. The second-order valence-corrected chi connectivity index (χ2v) is 6.04. The van der Waals surface area contributed by atoms with Crippen LogP contribution >= 0.6 is 15.9 Å². The van der Waals surface area contributed by atoms with E-state index in [0.717, 1.165) is 40.0 Å². The van der Waals surface area contributed by atoms with Crippen molar-refractivity contribution in [2.75, 3.05) is 14.2 Å². The van der Waals surface area contributed by atoms with Crippen LogP contribution in [0.5, 0.6) is 5.75 Å². The van der Waals surface area contributed by atoms with Crippen LogP contribution in [0, 0.1) is 0 Å². The quantitative estimate of drug-likeness (QED) is 0.501. The van der Waals surface area contributed by atoms with Gasteiger partial charge in [-0.3, -0.25) is 0 Å². The van der Waals surface area contributed by atoms with E-state index in [1.807, 2.05) is 24.5 Å². The predicted octanol–water partition coefficient (Wildman–Crippen LogP) is 2.54. The molecule has 0 bridgehead atoms. The first-order chi connectivity index (χ1) is 11.8. The number of imidazole rings is 1. The largest absolute Gasteiger partial charge is 0.497 e. The molecule has 2 aromatic heterocycles. The van der Waals surface area contributed by atoms with Gasteiger partial charge in [0.1, 0.15) is 12.4 Å². The van der Waals surface area contributed by atoms with Crippen LogP contribution in [0.25, 0.3) is 17.1 Å². The smallest absolute Gasteiger partial charge is 0.166 e. The Balaban J connectivity index is 2.01. The Hall–Kier alpha value is -2.19. The molecule has 1 aliphatic heterocycles. The molecule has 0 fully saturated rings. The molecule has 7 nitrogen and oxygen atoms in total. The number of hydrogen-bond donors (Lipinski definition) is 0. The maximum Gasteiger partial charge on any atom is 0.166 e. The van der Waals surface area contributed by atoms with Crippen molar-refractivity contribution in [1.29, 1.82) is 0 Å². The van der Waals surface area contributed by atoms with Crippen molar-refractivity contribution in [3.05, 3.63) is 41.7 Å². The van der Waals surface area contributed by atoms with Crippen molar-refractivity contribution in [2.24, 2.45) is 0 Å². The zero-order valence-corrected chi connectivity index (χ0v) is 14.9. The van der Waals surface area contributed by atoms with Gasteiger partial charge in [-0.1, -0.05) is 15.9 Å². The Labute approximate surface area is 147 Å². The first kappa shape index (κ1) is 15.3. The number of methoxy groups -OCH3 is 2. The van der Waals surface area contributed by atoms with Gasteiger partial charge in [-0.25, -0.2) is 4.98 Å². The molecule has 0 unspecified atom stereocenters. The van der Waals surface area contributed by atoms with Crippen molar-refractivity contribution in [3.63, 3.8) is 0 Å². The lowest BCUT2D eigenvalue weighted by atomic mass is 10.1. The zero-order valence-electron chi connectivity index (χ0n) is 13.4. The number of halogens is 1. The van der Waals surface area contributed by atoms with Gasteiger partial charge in [-0.05, 0) is 18.2 Å². The molecule has 0 spiro atoms. The fourth-order valence-corrected chi connectivity index (χ4v) is 3.48. The molecule has 0 radical (unpaired) electrons. The molecule has 3 heterocycles. The Kier molecular flexibility index (Phi) is 3.85. The average molecular weight is 390 g/mol. The lowest BCUT2D eigenvalue weighted by molar-refractivity contribution is 0.174. The SMILES string of the molecule is COCc1nnc2n1Cc1c(CBr)ncn1-c1ccc(OC)cc1-2. The molecule has 0 saturated heterocycles. The lowest BCUT2D eigenvalue weighted by Gasteiger charge is -2.10. The van der Waals surface area contributed by atoms with Crippen molar-refractivity contribution >= 4 is 15.9 Å². The molecule has 24 heavy (non-hydrogen) atoms. The summed E-state index contributed by atoms with van der Waals surface area (Å²) in [5, 5.41) is 9.40. The summed E-state index contributed by atoms with van der Waals surface area (Å²) in [6.07, 6.45) is 1.85. The zero-order chi connectivity index (χ0) is 16.7. The Bertz CT molecular complexity index is 902. The first-order valence-electron chi connectivity index (χ1n) is 7.47. The molecular formula is C16H16BrN5O2. The summed E-state index contributed by atoms with van der Waals surface area (Å²) in [6.45, 7) is 1.04. The highest BCUT2D eigenvalue weighted by molar-refractivity contribution is 9.08. The molecule has 0 amide bonds. The molecule has 1 aliphatic rings. The summed E-state index contributed by atoms with van der Waals surface area (Å²) in [4.78, 5) is 4.53. The van der Waals surface area contributed by atoms with E-state index in [-0.39, 0.29) is 0 Å². The number of alkyl halides is 1. The molecule has 4 rings (SSSR count). The number of benzene rings is 1. The van der Waals surface area contributed by atoms with Gasteiger partial charge in [-0.2, -0.15) is 0 Å². The Morgan fingerprint density at radius 3 is 2.88 bits per heavy atom. The van der Waals surface area contributed by atoms with Gasteiger partial charge in [-0.15, -0.1) is 10.2 Å². The van der Waals surface area contributed by atoms with E-state index in [2.05, 4.69) is 40.2 Å². The van der Waals surface area contributed by atoms with Crippen LogP contribution in [0.3, 0.4) is 0 Å². The topological polar surface area (TPSA) is 67.0 Å². The third-order valence-corrected chi connectivity index (χ3v) is 4.72. The molecule has 1 aromatic carbocycles. The van der Waals surface area contributed by atoms with Gasteiger partial charge in [0.15, 0.2) is 11.6 Å². The molecule has 8 heteroatoms. The summed E-state index contributed by atoms with van der Waals surface area (Å²) in [6, 6.07) is 5.95. The van der Waals surface area contributed by atoms with Gasteiger partial charge >= 0.3 is 0 Å². The summed E-state index contributed by atoms with van der Waals surface area (Å²) in [7, 11) is 3.31. The van der Waals surface area contributed by atoms with Gasteiger partial charge < -0.3 is 18.6 Å². The maximum absolute atomic E-state index is 5.39. The van der Waals surface area contributed by atoms with Crippen molar-refractivity contribution in [1.82, 2.24) is 24.3 Å². The number of aromatic nitrogens is 5. The van der Waals surface area contributed by atoms with Crippen LogP contribution in [0.4, 0.5) is 0 Å². The van der Waals surface area contributed by atoms with E-state index in [0.29, 0.717) is 18.5 Å². The summed E-state index contributed by atoms with van der Waals surface area (Å²) in [5.41, 5.74) is 4.08. The summed E-state index contributed by atoms with van der Waals surface area (Å²) >= 11 is 3.52. The third-order valence-electron chi connectivity index (χ3n) is 4.19. The minimum Gasteiger partial charge on any atom is -0.497 e. The second kappa shape index (κ2) is 6.03. The van der Waals surface area contributed by atoms with Crippen LogP contribution in [-0.2, 0) is 23.2 Å². The van der Waals surface area contributed by atoms with Crippen LogP contribution in [0.2, 0.25) is 0 Å². The highest BCUT2D eigenvalue weighted by Crippen LogP contribution is 2.35. The molecule has 0 atom stereocenters. The number of hydrogen-bond acceptors (Lipinski definition) is 5. The highest BCUT2D eigenvalue weighted by atomic mass is 79.9. The third kappa shape index (κ3) is 2.25. The minimum absolute atomic E-state index is 0.407. The number of ether oxygens (including phenoxy) is 2. The Morgan fingerprint density at radius 1 is 1.25 bits per heavy atom. The first-order valence-corrected chi connectivity index (χ1v) is 8.59. The summed E-state index contributed by atoms with van der Waals surface area (Å²) in [5.74, 6) is 2.37. The normalized spacial score (nSPS) is 12.3. The molecule has 124 valence electrons. The number of rotatable bonds is 4. The van der Waals surface area contributed by atoms with E-state index in [1.54, 1.807) is 14.2 Å². The van der Waals surface area contributed by atoms with Crippen LogP contribution < -0.4 is 4.74 Å². The van der Waals surface area contributed by atoms with Gasteiger partial charge in [0.2, 0.25) is 0 Å². The fourth-order valence-electron chi connectivity index (χ4n) is 3.01. The van der Waals surface area contributed by atoms with E-state index in [1.165, 1.54) is 0 Å². The standard InChI is InChI=1S/C16H16BrN5O2/c1-23-8-15-19-20-16-11-5-10(24-2)3-4-13(11)22-9-18-12(6-17)14(22)7-21(15)16/h3-5,9H,6-8H2,1-2H3. The molecule has 0 N–H and O–H groups in total. The average Bonchev–Trinajstić information content (AvgIpc) is 3.16. The second-order valence-electron chi connectivity index (χ2n) is 5.48. The van der Waals surface area contributed by atoms with E-state index < -0.39 is 0 Å². The predicted molar refractivity (Wildman–Crippen MR) is 91.6 cm³/mol. The van der Waals surface area contributed by atoms with Crippen molar-refractivity contribution in [3.8, 4) is 22.8 Å². The highest BCUT2D eigenvalue weighted by Gasteiger charge is 2.25. The molecule has 0 aliphatic carbocycles. The number of nitrogens with zero attached hydrogens (tertiary/aromatic N) is 5. The minimum atomic E-state index is 0.407. The van der Waals surface area contributed by atoms with Crippen molar-refractivity contribution < 1.29 is 9.47 Å². The van der Waals surface area contributed by atoms with Gasteiger partial charge in [0.05, 0.1) is 37.1 Å². The van der Waals surface area contributed by atoms with E-state index >= 15 is 0 Å². The van der Waals surface area contributed by atoms with E-state index in [4.69, 9.17) is 9.47 Å². The maximum atomic E-state index is 5.39. The van der Waals surface area contributed by atoms with Crippen LogP contribution in [0.15, 0.2) is 24.5 Å². The van der Waals surface area contributed by atoms with Crippen LogP contribution in [-0.4, -0.2) is 38.5 Å². The number of fused-ring (bicyclic) bond motifs is 5. The van der Waals surface area contributed by atoms with Gasteiger partial charge in [0.25, 0.3) is 0 Å². The van der Waals surface area contributed by atoms with Gasteiger partial charge in [0, 0.05) is 18.0 Å². The summed E-state index contributed by atoms with van der Waals surface area (Å²) < 4.78 is 14.8. The van der Waals surface area contributed by atoms with E-state index in [9.17, 15) is 0 Å². The monoisotopic (exact) mass is 389 g/mol. The molecule has 3 aromatic rings. The molecular weight excluding hydrogens is 374 g/mol. The van der Waals surface area contributed by atoms with Crippen LogP contribution in [0.1, 0.15) is 17.2 Å². The lowest BCUT2D eigenvalue weighted by Crippen LogP contribution is -2.09.